The highest BCUT2D eigenvalue weighted by Crippen LogP contribution is 2.50. The molecule has 0 fully saturated rings. The SMILES string of the molecule is COC(=O)c1ccc([C@@H]2Oc3c(OC)cccc3[C@H]3CC(c4cccnc4)=NN32)cc1. The number of para-hydroxylation sites is 1. The van der Waals surface area contributed by atoms with Crippen molar-refractivity contribution in [3.63, 3.8) is 0 Å². The number of fused-ring (bicyclic) bond motifs is 3. The summed E-state index contributed by atoms with van der Waals surface area (Å²) in [6.45, 7) is 0. The van der Waals surface area contributed by atoms with Crippen molar-refractivity contribution >= 4 is 11.7 Å². The zero-order valence-corrected chi connectivity index (χ0v) is 17.2. The maximum atomic E-state index is 11.8. The molecule has 0 saturated heterocycles. The number of carbonyl (C=O) groups is 1. The lowest BCUT2D eigenvalue weighted by Crippen LogP contribution is -2.33. The van der Waals surface area contributed by atoms with E-state index in [0.29, 0.717) is 11.3 Å². The molecule has 0 N–H and O–H groups in total. The molecule has 2 aliphatic rings. The summed E-state index contributed by atoms with van der Waals surface area (Å²) in [5, 5.41) is 6.90. The third-order valence-corrected chi connectivity index (χ3v) is 5.61. The van der Waals surface area contributed by atoms with Gasteiger partial charge in [0.05, 0.1) is 31.5 Å². The maximum Gasteiger partial charge on any atom is 0.337 e. The summed E-state index contributed by atoms with van der Waals surface area (Å²) >= 11 is 0. The van der Waals surface area contributed by atoms with Gasteiger partial charge >= 0.3 is 5.97 Å². The number of ether oxygens (including phenoxy) is 3. The number of aromatic nitrogens is 1. The van der Waals surface area contributed by atoms with Crippen molar-refractivity contribution in [2.45, 2.75) is 18.7 Å². The highest BCUT2D eigenvalue weighted by Gasteiger charge is 2.42. The molecule has 7 heteroatoms. The molecule has 1 aromatic heterocycles. The van der Waals surface area contributed by atoms with Crippen molar-refractivity contribution < 1.29 is 19.0 Å². The van der Waals surface area contributed by atoms with E-state index in [4.69, 9.17) is 19.3 Å². The lowest BCUT2D eigenvalue weighted by Gasteiger charge is -2.38. The van der Waals surface area contributed by atoms with E-state index in [0.717, 1.165) is 34.6 Å². The number of benzene rings is 2. The molecule has 2 aromatic carbocycles. The van der Waals surface area contributed by atoms with Crippen LogP contribution in [0.1, 0.15) is 45.7 Å². The van der Waals surface area contributed by atoms with Crippen LogP contribution in [-0.4, -0.2) is 35.9 Å². The van der Waals surface area contributed by atoms with Gasteiger partial charge in [0, 0.05) is 35.5 Å². The van der Waals surface area contributed by atoms with Crippen LogP contribution in [0.4, 0.5) is 0 Å². The Kier molecular flexibility index (Phi) is 4.78. The Morgan fingerprint density at radius 2 is 1.94 bits per heavy atom. The van der Waals surface area contributed by atoms with Gasteiger partial charge in [-0.3, -0.25) is 4.98 Å². The lowest BCUT2D eigenvalue weighted by molar-refractivity contribution is -0.0209. The maximum absolute atomic E-state index is 11.8. The Morgan fingerprint density at radius 1 is 1.10 bits per heavy atom. The Labute approximate surface area is 179 Å². The van der Waals surface area contributed by atoms with Gasteiger partial charge in [-0.15, -0.1) is 0 Å². The Bertz CT molecular complexity index is 1150. The van der Waals surface area contributed by atoms with Gasteiger partial charge in [-0.2, -0.15) is 5.10 Å². The summed E-state index contributed by atoms with van der Waals surface area (Å²) < 4.78 is 16.8. The van der Waals surface area contributed by atoms with Crippen LogP contribution in [0.2, 0.25) is 0 Å². The van der Waals surface area contributed by atoms with Crippen molar-refractivity contribution in [2.24, 2.45) is 5.10 Å². The van der Waals surface area contributed by atoms with Crippen molar-refractivity contribution in [3.05, 3.63) is 89.2 Å². The summed E-state index contributed by atoms with van der Waals surface area (Å²) in [7, 11) is 3.00. The van der Waals surface area contributed by atoms with Crippen LogP contribution >= 0.6 is 0 Å². The van der Waals surface area contributed by atoms with Gasteiger partial charge in [0.15, 0.2) is 11.5 Å². The molecule has 0 bridgehead atoms. The van der Waals surface area contributed by atoms with E-state index in [1.807, 2.05) is 53.7 Å². The number of rotatable bonds is 4. The number of esters is 1. The second kappa shape index (κ2) is 7.75. The van der Waals surface area contributed by atoms with Crippen molar-refractivity contribution in [3.8, 4) is 11.5 Å². The van der Waals surface area contributed by atoms with Crippen LogP contribution in [0.5, 0.6) is 11.5 Å². The van der Waals surface area contributed by atoms with Crippen LogP contribution in [0.25, 0.3) is 0 Å². The fourth-order valence-corrected chi connectivity index (χ4v) is 4.07. The highest BCUT2D eigenvalue weighted by molar-refractivity contribution is 6.01. The van der Waals surface area contributed by atoms with Crippen LogP contribution in [0.15, 0.2) is 72.1 Å². The molecular formula is C24H21N3O4. The quantitative estimate of drug-likeness (QED) is 0.597. The number of carbonyl (C=O) groups excluding carboxylic acids is 1. The van der Waals surface area contributed by atoms with Gasteiger partial charge in [-0.25, -0.2) is 9.80 Å². The van der Waals surface area contributed by atoms with Gasteiger partial charge in [-0.1, -0.05) is 30.3 Å². The number of nitrogens with zero attached hydrogens (tertiary/aromatic N) is 3. The monoisotopic (exact) mass is 415 g/mol. The van der Waals surface area contributed by atoms with E-state index in [9.17, 15) is 4.79 Å². The van der Waals surface area contributed by atoms with E-state index >= 15 is 0 Å². The Morgan fingerprint density at radius 3 is 2.65 bits per heavy atom. The van der Waals surface area contributed by atoms with E-state index in [-0.39, 0.29) is 12.0 Å². The van der Waals surface area contributed by atoms with Gasteiger partial charge in [0.2, 0.25) is 6.23 Å². The molecule has 0 aliphatic carbocycles. The van der Waals surface area contributed by atoms with Gasteiger partial charge < -0.3 is 14.2 Å². The average Bonchev–Trinajstić information content (AvgIpc) is 3.29. The van der Waals surface area contributed by atoms with Gasteiger partial charge in [-0.05, 0) is 24.3 Å². The molecule has 3 heterocycles. The molecule has 0 saturated carbocycles. The van der Waals surface area contributed by atoms with E-state index in [1.54, 1.807) is 25.4 Å². The van der Waals surface area contributed by atoms with E-state index in [2.05, 4.69) is 4.98 Å². The molecule has 31 heavy (non-hydrogen) atoms. The summed E-state index contributed by atoms with van der Waals surface area (Å²) in [5.74, 6) is 1.03. The third-order valence-electron chi connectivity index (χ3n) is 5.61. The van der Waals surface area contributed by atoms with E-state index in [1.165, 1.54) is 7.11 Å². The zero-order valence-electron chi connectivity index (χ0n) is 17.2. The predicted octanol–water partition coefficient (Wildman–Crippen LogP) is 4.12. The Hall–Kier alpha value is -3.87. The molecule has 5 rings (SSSR count). The first-order valence-corrected chi connectivity index (χ1v) is 9.97. The molecule has 0 radical (unpaired) electrons. The molecule has 0 unspecified atom stereocenters. The molecule has 2 atom stereocenters. The second-order valence-corrected chi connectivity index (χ2v) is 7.35. The second-order valence-electron chi connectivity index (χ2n) is 7.35. The first-order valence-electron chi connectivity index (χ1n) is 9.97. The standard InChI is InChI=1S/C24H21N3O4/c1-29-21-7-3-6-18-20-13-19(17-5-4-12-25-14-17)26-27(20)23(31-22(18)21)15-8-10-16(11-9-15)24(28)30-2/h3-12,14,20,23H,13H2,1-2H3/t20-,23+/m1/s1. The summed E-state index contributed by atoms with van der Waals surface area (Å²) in [4.78, 5) is 16.1. The topological polar surface area (TPSA) is 73.2 Å². The van der Waals surface area contributed by atoms with Gasteiger partial charge in [0.1, 0.15) is 0 Å². The minimum Gasteiger partial charge on any atom is -0.493 e. The van der Waals surface area contributed by atoms with Crippen molar-refractivity contribution in [2.75, 3.05) is 14.2 Å². The molecule has 7 nitrogen and oxygen atoms in total. The number of pyridine rings is 1. The zero-order chi connectivity index (χ0) is 21.4. The molecular weight excluding hydrogens is 394 g/mol. The summed E-state index contributed by atoms with van der Waals surface area (Å²) in [6, 6.07) is 17.0. The molecule has 0 amide bonds. The fraction of sp³-hybridized carbons (Fsp3) is 0.208. The number of methoxy groups -OCH3 is 2. The van der Waals surface area contributed by atoms with Crippen LogP contribution in [0.3, 0.4) is 0 Å². The highest BCUT2D eigenvalue weighted by atomic mass is 16.5. The number of hydrazone groups is 1. The molecule has 2 aliphatic heterocycles. The predicted molar refractivity (Wildman–Crippen MR) is 114 cm³/mol. The number of hydrogen-bond acceptors (Lipinski definition) is 7. The summed E-state index contributed by atoms with van der Waals surface area (Å²) in [5.41, 5.74) is 4.34. The number of hydrogen-bond donors (Lipinski definition) is 0. The first kappa shape index (κ1) is 19.1. The van der Waals surface area contributed by atoms with Crippen LogP contribution in [0, 0.1) is 0 Å². The summed E-state index contributed by atoms with van der Waals surface area (Å²) in [6.07, 6.45) is 3.84. The largest absolute Gasteiger partial charge is 0.493 e. The van der Waals surface area contributed by atoms with Gasteiger partial charge in [0.25, 0.3) is 0 Å². The van der Waals surface area contributed by atoms with E-state index < -0.39 is 6.23 Å². The van der Waals surface area contributed by atoms with Crippen LogP contribution in [-0.2, 0) is 4.74 Å². The molecule has 3 aromatic rings. The average molecular weight is 415 g/mol. The fourth-order valence-electron chi connectivity index (χ4n) is 4.07. The minimum atomic E-state index is -0.463. The smallest absolute Gasteiger partial charge is 0.337 e. The lowest BCUT2D eigenvalue weighted by atomic mass is 9.96. The minimum absolute atomic E-state index is 0.000611. The third kappa shape index (κ3) is 3.28. The molecule has 156 valence electrons. The first-order chi connectivity index (χ1) is 15.2. The Balaban J connectivity index is 1.58. The van der Waals surface area contributed by atoms with Crippen molar-refractivity contribution in [1.29, 1.82) is 0 Å². The van der Waals surface area contributed by atoms with Crippen LogP contribution < -0.4 is 9.47 Å². The van der Waals surface area contributed by atoms with Crippen molar-refractivity contribution in [1.82, 2.24) is 9.99 Å². The molecule has 0 spiro atoms. The normalized spacial score (nSPS) is 19.0.